The van der Waals surface area contributed by atoms with Crippen LogP contribution in [0.3, 0.4) is 0 Å². The lowest BCUT2D eigenvalue weighted by Gasteiger charge is -2.17. The van der Waals surface area contributed by atoms with Gasteiger partial charge in [-0.15, -0.1) is 0 Å². The summed E-state index contributed by atoms with van der Waals surface area (Å²) in [5, 5.41) is 0. The van der Waals surface area contributed by atoms with Gasteiger partial charge in [-0.05, 0) is 48.7 Å². The summed E-state index contributed by atoms with van der Waals surface area (Å²) in [6.07, 6.45) is 5.31. The van der Waals surface area contributed by atoms with Crippen LogP contribution in [0.4, 0.5) is 0 Å². The number of Topliss-reactive ketones (excluding diaryl/α,β-unsaturated/α-hetero) is 2. The quantitative estimate of drug-likeness (QED) is 0.620. The number of hydrogen-bond donors (Lipinski definition) is 0. The number of rotatable bonds is 0. The fourth-order valence-corrected chi connectivity index (χ4v) is 4.22. The number of allylic oxidation sites excluding steroid dienone is 4. The fourth-order valence-electron chi connectivity index (χ4n) is 4.22. The van der Waals surface area contributed by atoms with Gasteiger partial charge in [0.15, 0.2) is 11.6 Å². The molecule has 4 aliphatic rings. The molecule has 2 atom stereocenters. The van der Waals surface area contributed by atoms with Crippen LogP contribution in [0.15, 0.2) is 22.3 Å². The van der Waals surface area contributed by atoms with Crippen LogP contribution in [0.2, 0.25) is 0 Å². The van der Waals surface area contributed by atoms with Gasteiger partial charge in [0.05, 0.1) is 0 Å². The Hall–Kier alpha value is -1.18. The zero-order valence-electron chi connectivity index (χ0n) is 9.21. The van der Waals surface area contributed by atoms with Crippen molar-refractivity contribution in [2.24, 2.45) is 11.8 Å². The highest BCUT2D eigenvalue weighted by molar-refractivity contribution is 6.02. The molecule has 4 aliphatic carbocycles. The molecule has 0 fully saturated rings. The summed E-state index contributed by atoms with van der Waals surface area (Å²) in [6.45, 7) is 0. The van der Waals surface area contributed by atoms with E-state index in [2.05, 4.69) is 0 Å². The predicted octanol–water partition coefficient (Wildman–Crippen LogP) is 2.35. The second kappa shape index (κ2) is 2.73. The second-order valence-corrected chi connectivity index (χ2v) is 5.48. The maximum absolute atomic E-state index is 11.7. The van der Waals surface area contributed by atoms with Gasteiger partial charge in [0.25, 0.3) is 0 Å². The van der Waals surface area contributed by atoms with Crippen molar-refractivity contribution in [2.75, 3.05) is 0 Å². The largest absolute Gasteiger partial charge is 0.295 e. The molecule has 0 bridgehead atoms. The molecule has 16 heavy (non-hydrogen) atoms. The van der Waals surface area contributed by atoms with Crippen molar-refractivity contribution in [1.29, 1.82) is 0 Å². The molecule has 0 spiro atoms. The summed E-state index contributed by atoms with van der Waals surface area (Å²) >= 11 is 0. The Labute approximate surface area is 94.4 Å². The van der Waals surface area contributed by atoms with Crippen molar-refractivity contribution in [3.63, 3.8) is 0 Å². The SMILES string of the molecule is O=C1CCC2=C1C[C@@H]1C3=C(C[C@H]21)C(=O)CC3. The molecule has 82 valence electrons. The van der Waals surface area contributed by atoms with Gasteiger partial charge in [0.1, 0.15) is 0 Å². The molecule has 2 heteroatoms. The second-order valence-electron chi connectivity index (χ2n) is 5.48. The monoisotopic (exact) mass is 214 g/mol. The van der Waals surface area contributed by atoms with Crippen molar-refractivity contribution in [3.05, 3.63) is 22.3 Å². The zero-order chi connectivity index (χ0) is 10.9. The zero-order valence-corrected chi connectivity index (χ0v) is 9.21. The van der Waals surface area contributed by atoms with E-state index in [9.17, 15) is 9.59 Å². The first-order valence-electron chi connectivity index (χ1n) is 6.26. The standard InChI is InChI=1S/C14H14O2/c15-13-3-1-7-9-5-12-8(2-4-14(12)16)10(9)6-11(7)13/h9-10H,1-6H2/t9-,10-/m1/s1. The number of carbonyl (C=O) groups excluding carboxylic acids is 2. The van der Waals surface area contributed by atoms with Gasteiger partial charge in [0.2, 0.25) is 0 Å². The molecule has 0 amide bonds. The lowest BCUT2D eigenvalue weighted by Crippen LogP contribution is -2.10. The van der Waals surface area contributed by atoms with Gasteiger partial charge in [-0.3, -0.25) is 9.59 Å². The Bertz CT molecular complexity index is 447. The summed E-state index contributed by atoms with van der Waals surface area (Å²) in [4.78, 5) is 23.4. The highest BCUT2D eigenvalue weighted by Crippen LogP contribution is 2.56. The average Bonchev–Trinajstić information content (AvgIpc) is 2.92. The minimum Gasteiger partial charge on any atom is -0.295 e. The molecule has 2 nitrogen and oxygen atoms in total. The van der Waals surface area contributed by atoms with Gasteiger partial charge in [-0.25, -0.2) is 0 Å². The molecule has 0 saturated carbocycles. The Morgan fingerprint density at radius 2 is 1.12 bits per heavy atom. The topological polar surface area (TPSA) is 34.1 Å². The Balaban J connectivity index is 1.73. The van der Waals surface area contributed by atoms with Gasteiger partial charge >= 0.3 is 0 Å². The van der Waals surface area contributed by atoms with E-state index >= 15 is 0 Å². The third-order valence-corrected chi connectivity index (χ3v) is 4.92. The van der Waals surface area contributed by atoms with E-state index in [-0.39, 0.29) is 0 Å². The van der Waals surface area contributed by atoms with Gasteiger partial charge in [-0.1, -0.05) is 11.1 Å². The Kier molecular flexibility index (Phi) is 1.52. The molecule has 0 aromatic carbocycles. The molecule has 0 aromatic rings. The van der Waals surface area contributed by atoms with E-state index < -0.39 is 0 Å². The lowest BCUT2D eigenvalue weighted by molar-refractivity contribution is -0.116. The molecule has 0 aliphatic heterocycles. The van der Waals surface area contributed by atoms with Crippen molar-refractivity contribution in [3.8, 4) is 0 Å². The van der Waals surface area contributed by atoms with E-state index in [1.54, 1.807) is 0 Å². The van der Waals surface area contributed by atoms with E-state index in [1.807, 2.05) is 0 Å². The first kappa shape index (κ1) is 8.91. The maximum atomic E-state index is 11.7. The summed E-state index contributed by atoms with van der Waals surface area (Å²) < 4.78 is 0. The summed E-state index contributed by atoms with van der Waals surface area (Å²) in [5.41, 5.74) is 5.11. The van der Waals surface area contributed by atoms with Crippen molar-refractivity contribution in [2.45, 2.75) is 38.5 Å². The summed E-state index contributed by atoms with van der Waals surface area (Å²) in [7, 11) is 0. The highest BCUT2D eigenvalue weighted by Gasteiger charge is 2.48. The molecule has 0 saturated heterocycles. The summed E-state index contributed by atoms with van der Waals surface area (Å²) in [5.74, 6) is 1.85. The van der Waals surface area contributed by atoms with Crippen molar-refractivity contribution >= 4 is 11.6 Å². The van der Waals surface area contributed by atoms with Gasteiger partial charge in [0, 0.05) is 12.8 Å². The molecular weight excluding hydrogens is 200 g/mol. The minimum atomic E-state index is 0.385. The van der Waals surface area contributed by atoms with Gasteiger partial charge < -0.3 is 0 Å². The molecule has 0 unspecified atom stereocenters. The number of fused-ring (bicyclic) bond motifs is 3. The number of ketones is 2. The smallest absolute Gasteiger partial charge is 0.159 e. The lowest BCUT2D eigenvalue weighted by atomic mass is 9.86. The minimum absolute atomic E-state index is 0.385. The highest BCUT2D eigenvalue weighted by atomic mass is 16.1. The molecule has 0 heterocycles. The molecule has 4 rings (SSSR count). The molecular formula is C14H14O2. The van der Waals surface area contributed by atoms with Crippen LogP contribution in [-0.4, -0.2) is 11.6 Å². The van der Waals surface area contributed by atoms with Crippen LogP contribution in [-0.2, 0) is 9.59 Å². The number of hydrogen-bond acceptors (Lipinski definition) is 2. The molecule has 0 N–H and O–H groups in total. The van der Waals surface area contributed by atoms with E-state index in [1.165, 1.54) is 11.1 Å². The Morgan fingerprint density at radius 1 is 0.688 bits per heavy atom. The predicted molar refractivity (Wildman–Crippen MR) is 58.7 cm³/mol. The summed E-state index contributed by atoms with van der Waals surface area (Å²) in [6, 6.07) is 0. The third-order valence-electron chi connectivity index (χ3n) is 4.92. The van der Waals surface area contributed by atoms with Crippen molar-refractivity contribution < 1.29 is 9.59 Å². The van der Waals surface area contributed by atoms with Crippen LogP contribution in [0.5, 0.6) is 0 Å². The van der Waals surface area contributed by atoms with Gasteiger partial charge in [-0.2, -0.15) is 0 Å². The molecule has 0 aromatic heterocycles. The van der Waals surface area contributed by atoms with Crippen LogP contribution in [0.25, 0.3) is 0 Å². The first-order valence-corrected chi connectivity index (χ1v) is 6.26. The number of carbonyl (C=O) groups is 2. The normalized spacial score (nSPS) is 36.2. The van der Waals surface area contributed by atoms with E-state index in [4.69, 9.17) is 0 Å². The van der Waals surface area contributed by atoms with Crippen LogP contribution in [0, 0.1) is 11.8 Å². The Morgan fingerprint density at radius 3 is 1.56 bits per heavy atom. The van der Waals surface area contributed by atoms with E-state index in [0.717, 1.165) is 49.7 Å². The molecule has 0 radical (unpaired) electrons. The maximum Gasteiger partial charge on any atom is 0.159 e. The van der Waals surface area contributed by atoms with Crippen LogP contribution < -0.4 is 0 Å². The van der Waals surface area contributed by atoms with Crippen LogP contribution in [0.1, 0.15) is 38.5 Å². The first-order chi connectivity index (χ1) is 7.75. The van der Waals surface area contributed by atoms with Crippen molar-refractivity contribution in [1.82, 2.24) is 0 Å². The van der Waals surface area contributed by atoms with E-state index in [0.29, 0.717) is 23.4 Å². The average molecular weight is 214 g/mol. The fraction of sp³-hybridized carbons (Fsp3) is 0.571. The van der Waals surface area contributed by atoms with Crippen LogP contribution >= 0.6 is 0 Å². The third kappa shape index (κ3) is 0.892.